The van der Waals surface area contributed by atoms with Gasteiger partial charge in [-0.25, -0.2) is 8.78 Å². The van der Waals surface area contributed by atoms with Crippen molar-refractivity contribution in [2.45, 2.75) is 25.7 Å². The highest BCUT2D eigenvalue weighted by atomic mass is 32.2. The Hall–Kier alpha value is -1.10. The first kappa shape index (κ1) is 12.9. The predicted molar refractivity (Wildman–Crippen MR) is 75.6 cm³/mol. The third-order valence-corrected chi connectivity index (χ3v) is 5.17. The zero-order chi connectivity index (χ0) is 13.3. The van der Waals surface area contributed by atoms with Crippen LogP contribution < -0.4 is 5.32 Å². The van der Waals surface area contributed by atoms with Crippen molar-refractivity contribution >= 4 is 22.6 Å². The first-order valence-electron chi connectivity index (χ1n) is 6.56. The van der Waals surface area contributed by atoms with E-state index in [1.807, 2.05) is 0 Å². The van der Waals surface area contributed by atoms with E-state index in [-0.39, 0.29) is 5.69 Å². The van der Waals surface area contributed by atoms with Crippen LogP contribution in [0.1, 0.15) is 25.7 Å². The van der Waals surface area contributed by atoms with E-state index in [0.29, 0.717) is 5.41 Å². The number of aliphatic imine (C=N–C) groups is 1. The summed E-state index contributed by atoms with van der Waals surface area (Å²) in [6.07, 6.45) is 5.10. The lowest BCUT2D eigenvalue weighted by Gasteiger charge is -2.31. The third kappa shape index (κ3) is 2.76. The molecule has 2 nitrogen and oxygen atoms in total. The Morgan fingerprint density at radius 1 is 1.21 bits per heavy atom. The van der Waals surface area contributed by atoms with Crippen LogP contribution in [-0.4, -0.2) is 17.5 Å². The molecule has 102 valence electrons. The summed E-state index contributed by atoms with van der Waals surface area (Å²) in [5.41, 5.74) is 0.659. The molecule has 1 aromatic rings. The molecule has 0 unspecified atom stereocenters. The summed E-state index contributed by atoms with van der Waals surface area (Å²) in [7, 11) is 0. The summed E-state index contributed by atoms with van der Waals surface area (Å²) in [5.74, 6) is -0.0996. The number of rotatable bonds is 1. The number of nitrogens with zero attached hydrogens (tertiary/aromatic N) is 1. The molecule has 1 fully saturated rings. The summed E-state index contributed by atoms with van der Waals surface area (Å²) in [6.45, 7) is 0.825. The molecule has 0 bridgehead atoms. The number of halogens is 2. The Balaban J connectivity index is 1.69. The van der Waals surface area contributed by atoms with Crippen LogP contribution in [0, 0.1) is 17.0 Å². The maximum absolute atomic E-state index is 13.5. The van der Waals surface area contributed by atoms with Gasteiger partial charge in [-0.1, -0.05) is 24.6 Å². The Morgan fingerprint density at radius 2 is 2.00 bits per heavy atom. The Bertz CT molecular complexity index is 510. The molecular weight excluding hydrogens is 266 g/mol. The molecule has 3 rings (SSSR count). The van der Waals surface area contributed by atoms with Crippen LogP contribution in [0.5, 0.6) is 0 Å². The quantitative estimate of drug-likeness (QED) is 0.840. The van der Waals surface area contributed by atoms with Crippen LogP contribution in [0.3, 0.4) is 0 Å². The smallest absolute Gasteiger partial charge is 0.161 e. The van der Waals surface area contributed by atoms with E-state index >= 15 is 0 Å². The molecule has 0 saturated heterocycles. The van der Waals surface area contributed by atoms with Gasteiger partial charge in [-0.2, -0.15) is 0 Å². The highest BCUT2D eigenvalue weighted by Crippen LogP contribution is 2.43. The maximum atomic E-state index is 13.5. The molecule has 1 aliphatic heterocycles. The Morgan fingerprint density at radius 3 is 2.63 bits per heavy atom. The predicted octanol–water partition coefficient (Wildman–Crippen LogP) is 4.04. The normalized spacial score (nSPS) is 21.5. The molecule has 1 aliphatic carbocycles. The number of thioether (sulfide) groups is 1. The van der Waals surface area contributed by atoms with Gasteiger partial charge in [0.2, 0.25) is 0 Å². The van der Waals surface area contributed by atoms with E-state index in [1.165, 1.54) is 37.8 Å². The van der Waals surface area contributed by atoms with E-state index in [0.717, 1.165) is 23.5 Å². The molecule has 0 amide bonds. The fraction of sp³-hybridized carbons (Fsp3) is 0.500. The molecule has 1 saturated carbocycles. The number of hydrogen-bond donors (Lipinski definition) is 1. The van der Waals surface area contributed by atoms with Gasteiger partial charge in [0.05, 0.1) is 5.69 Å². The molecule has 1 aromatic carbocycles. The molecule has 1 spiro atoms. The number of anilines is 1. The molecule has 19 heavy (non-hydrogen) atoms. The number of amidine groups is 1. The fourth-order valence-corrected chi connectivity index (χ4v) is 3.92. The molecule has 1 heterocycles. The first-order chi connectivity index (χ1) is 9.17. The van der Waals surface area contributed by atoms with Gasteiger partial charge < -0.3 is 5.32 Å². The largest absolute Gasteiger partial charge is 0.333 e. The van der Waals surface area contributed by atoms with Crippen molar-refractivity contribution < 1.29 is 8.78 Å². The number of hydrogen-bond acceptors (Lipinski definition) is 3. The van der Waals surface area contributed by atoms with Crippen LogP contribution in [0.4, 0.5) is 14.5 Å². The van der Waals surface area contributed by atoms with Gasteiger partial charge in [-0.3, -0.25) is 4.99 Å². The van der Waals surface area contributed by atoms with Crippen molar-refractivity contribution in [3.05, 3.63) is 29.8 Å². The van der Waals surface area contributed by atoms with E-state index in [9.17, 15) is 8.78 Å². The van der Waals surface area contributed by atoms with Gasteiger partial charge >= 0.3 is 0 Å². The van der Waals surface area contributed by atoms with Gasteiger partial charge in [0.15, 0.2) is 5.17 Å². The van der Waals surface area contributed by atoms with Crippen LogP contribution in [-0.2, 0) is 0 Å². The standard InChI is InChI=1S/C14H16F2N2S/c15-10-3-4-12(11(16)7-10)18-13-17-8-14(9-19-13)5-1-2-6-14/h3-4,7H,1-2,5-6,8-9H2,(H,17,18). The zero-order valence-corrected chi connectivity index (χ0v) is 11.4. The second-order valence-corrected chi connectivity index (χ2v) is 6.33. The minimum absolute atomic E-state index is 0.287. The minimum Gasteiger partial charge on any atom is -0.333 e. The van der Waals surface area contributed by atoms with Crippen LogP contribution >= 0.6 is 11.8 Å². The van der Waals surface area contributed by atoms with Gasteiger partial charge in [-0.05, 0) is 30.4 Å². The van der Waals surface area contributed by atoms with E-state index < -0.39 is 11.6 Å². The molecule has 5 heteroatoms. The van der Waals surface area contributed by atoms with Gasteiger partial charge in [0, 0.05) is 18.4 Å². The SMILES string of the molecule is Fc1ccc(NC2=NCC3(CCCC3)CS2)c(F)c1. The van der Waals surface area contributed by atoms with Crippen LogP contribution in [0.25, 0.3) is 0 Å². The van der Waals surface area contributed by atoms with Gasteiger partial charge in [0.1, 0.15) is 11.6 Å². The van der Waals surface area contributed by atoms with Crippen molar-refractivity contribution in [3.8, 4) is 0 Å². The molecule has 0 aromatic heterocycles. The Kier molecular flexibility index (Phi) is 3.48. The average Bonchev–Trinajstić information content (AvgIpc) is 2.84. The monoisotopic (exact) mass is 282 g/mol. The molecule has 0 atom stereocenters. The lowest BCUT2D eigenvalue weighted by Crippen LogP contribution is -2.30. The summed E-state index contributed by atoms with van der Waals surface area (Å²) in [5, 5.41) is 3.69. The summed E-state index contributed by atoms with van der Waals surface area (Å²) in [4.78, 5) is 4.53. The number of benzene rings is 1. The molecular formula is C14H16F2N2S. The lowest BCUT2D eigenvalue weighted by atomic mass is 9.89. The van der Waals surface area contributed by atoms with Crippen molar-refractivity contribution in [2.24, 2.45) is 10.4 Å². The summed E-state index contributed by atoms with van der Waals surface area (Å²) >= 11 is 1.65. The Labute approximate surface area is 115 Å². The van der Waals surface area contributed by atoms with Crippen molar-refractivity contribution in [1.29, 1.82) is 0 Å². The van der Waals surface area contributed by atoms with Crippen LogP contribution in [0.15, 0.2) is 23.2 Å². The minimum atomic E-state index is -0.579. The van der Waals surface area contributed by atoms with E-state index in [1.54, 1.807) is 11.8 Å². The maximum Gasteiger partial charge on any atom is 0.161 e. The van der Waals surface area contributed by atoms with Crippen LogP contribution in [0.2, 0.25) is 0 Å². The van der Waals surface area contributed by atoms with Crippen molar-refractivity contribution in [1.82, 2.24) is 0 Å². The van der Waals surface area contributed by atoms with Crippen molar-refractivity contribution in [3.63, 3.8) is 0 Å². The van der Waals surface area contributed by atoms with Gasteiger partial charge in [0.25, 0.3) is 0 Å². The number of nitrogens with one attached hydrogen (secondary N) is 1. The highest BCUT2D eigenvalue weighted by molar-refractivity contribution is 8.14. The molecule has 0 radical (unpaired) electrons. The second kappa shape index (κ2) is 5.12. The first-order valence-corrected chi connectivity index (χ1v) is 7.55. The summed E-state index contributed by atoms with van der Waals surface area (Å²) in [6, 6.07) is 3.54. The third-order valence-electron chi connectivity index (χ3n) is 3.91. The molecule has 2 aliphatic rings. The zero-order valence-electron chi connectivity index (χ0n) is 10.6. The summed E-state index contributed by atoms with van der Waals surface area (Å²) < 4.78 is 26.4. The second-order valence-electron chi connectivity index (χ2n) is 5.37. The highest BCUT2D eigenvalue weighted by Gasteiger charge is 2.36. The van der Waals surface area contributed by atoms with E-state index in [2.05, 4.69) is 10.3 Å². The van der Waals surface area contributed by atoms with E-state index in [4.69, 9.17) is 0 Å². The lowest BCUT2D eigenvalue weighted by molar-refractivity contribution is 0.359. The fourth-order valence-electron chi connectivity index (χ4n) is 2.76. The topological polar surface area (TPSA) is 24.4 Å². The molecule has 1 N–H and O–H groups in total. The average molecular weight is 282 g/mol. The van der Waals surface area contributed by atoms with Gasteiger partial charge in [-0.15, -0.1) is 0 Å². The van der Waals surface area contributed by atoms with Crippen molar-refractivity contribution in [2.75, 3.05) is 17.6 Å².